The summed E-state index contributed by atoms with van der Waals surface area (Å²) in [6.07, 6.45) is 0.982. The van der Waals surface area contributed by atoms with Crippen LogP contribution in [-0.4, -0.2) is 30.5 Å². The van der Waals surface area contributed by atoms with Crippen molar-refractivity contribution in [1.82, 2.24) is 0 Å². The first kappa shape index (κ1) is 11.3. The van der Waals surface area contributed by atoms with E-state index in [2.05, 4.69) is 6.58 Å². The van der Waals surface area contributed by atoms with E-state index in [0.29, 0.717) is 13.2 Å². The molecule has 1 heterocycles. The number of ether oxygens (including phenoxy) is 2. The van der Waals surface area contributed by atoms with Crippen LogP contribution in [0.3, 0.4) is 0 Å². The highest BCUT2D eigenvalue weighted by Crippen LogP contribution is 2.40. The Hall–Kier alpha value is -1.16. The fourth-order valence-corrected chi connectivity index (χ4v) is 1.69. The van der Waals surface area contributed by atoms with Crippen LogP contribution in [0.2, 0.25) is 0 Å². The molecule has 1 aliphatic rings. The maximum absolute atomic E-state index is 9.76. The number of rotatable bonds is 6. The van der Waals surface area contributed by atoms with Gasteiger partial charge in [0.05, 0.1) is 13.2 Å². The van der Waals surface area contributed by atoms with Crippen LogP contribution in [-0.2, 0) is 9.47 Å². The van der Waals surface area contributed by atoms with Crippen molar-refractivity contribution in [2.24, 2.45) is 0 Å². The smallest absolute Gasteiger partial charge is 0.117 e. The van der Waals surface area contributed by atoms with E-state index in [-0.39, 0.29) is 12.2 Å². The van der Waals surface area contributed by atoms with Crippen molar-refractivity contribution in [2.45, 2.75) is 18.3 Å². The van der Waals surface area contributed by atoms with Crippen molar-refractivity contribution in [2.75, 3.05) is 13.2 Å². The molecule has 0 aromatic heterocycles. The predicted octanol–water partition coefficient (Wildman–Crippen LogP) is 1.69. The summed E-state index contributed by atoms with van der Waals surface area (Å²) in [6, 6.07) is 9.90. The van der Waals surface area contributed by atoms with Crippen LogP contribution in [0.15, 0.2) is 43.0 Å². The Balaban J connectivity index is 1.80. The molecule has 86 valence electrons. The van der Waals surface area contributed by atoms with E-state index in [1.807, 2.05) is 30.3 Å². The molecule has 2 rings (SSSR count). The molecule has 3 atom stereocenters. The molecule has 3 nitrogen and oxygen atoms in total. The summed E-state index contributed by atoms with van der Waals surface area (Å²) in [5.74, 6) is 0. The topological polar surface area (TPSA) is 42.0 Å². The second-order valence-electron chi connectivity index (χ2n) is 3.83. The third-order valence-corrected chi connectivity index (χ3v) is 2.56. The minimum Gasteiger partial charge on any atom is -0.388 e. The predicted molar refractivity (Wildman–Crippen MR) is 61.1 cm³/mol. The fraction of sp³-hybridized carbons (Fsp3) is 0.385. The van der Waals surface area contributed by atoms with Gasteiger partial charge in [-0.15, -0.1) is 6.58 Å². The maximum Gasteiger partial charge on any atom is 0.117 e. The van der Waals surface area contributed by atoms with Gasteiger partial charge in [0.2, 0.25) is 0 Å². The van der Waals surface area contributed by atoms with Gasteiger partial charge in [-0.1, -0.05) is 36.4 Å². The normalized spacial score (nSPS) is 25.1. The first-order valence-corrected chi connectivity index (χ1v) is 5.40. The average molecular weight is 220 g/mol. The zero-order chi connectivity index (χ0) is 11.4. The van der Waals surface area contributed by atoms with Crippen molar-refractivity contribution in [3.05, 3.63) is 48.6 Å². The number of benzene rings is 1. The number of hydrogen-bond donors (Lipinski definition) is 1. The second kappa shape index (κ2) is 5.25. The minimum atomic E-state index is -0.565. The molecule has 0 spiro atoms. The molecule has 3 heteroatoms. The zero-order valence-corrected chi connectivity index (χ0v) is 9.08. The van der Waals surface area contributed by atoms with Crippen molar-refractivity contribution in [3.63, 3.8) is 0 Å². The summed E-state index contributed by atoms with van der Waals surface area (Å²) < 4.78 is 10.6. The van der Waals surface area contributed by atoms with Crippen LogP contribution in [0, 0.1) is 0 Å². The molecule has 1 N–H and O–H groups in total. The van der Waals surface area contributed by atoms with E-state index in [1.54, 1.807) is 6.08 Å². The van der Waals surface area contributed by atoms with Crippen LogP contribution in [0.25, 0.3) is 0 Å². The van der Waals surface area contributed by atoms with Crippen LogP contribution >= 0.6 is 0 Å². The summed E-state index contributed by atoms with van der Waals surface area (Å²) in [5.41, 5.74) is 1.11. The van der Waals surface area contributed by atoms with Crippen molar-refractivity contribution < 1.29 is 14.6 Å². The van der Waals surface area contributed by atoms with Crippen molar-refractivity contribution in [1.29, 1.82) is 0 Å². The Morgan fingerprint density at radius 3 is 2.88 bits per heavy atom. The van der Waals surface area contributed by atoms with Gasteiger partial charge in [0.1, 0.15) is 18.3 Å². The van der Waals surface area contributed by atoms with Gasteiger partial charge in [-0.3, -0.25) is 0 Å². The third kappa shape index (κ3) is 2.70. The highest BCUT2D eigenvalue weighted by atomic mass is 16.6. The Morgan fingerprint density at radius 1 is 1.44 bits per heavy atom. The molecule has 0 amide bonds. The Bertz CT molecular complexity index is 336. The number of aliphatic hydroxyl groups excluding tert-OH is 1. The second-order valence-corrected chi connectivity index (χ2v) is 3.83. The Kier molecular flexibility index (Phi) is 3.72. The number of epoxide rings is 1. The Labute approximate surface area is 95.3 Å². The van der Waals surface area contributed by atoms with Gasteiger partial charge in [0, 0.05) is 0 Å². The summed E-state index contributed by atoms with van der Waals surface area (Å²) in [5, 5.41) is 9.76. The van der Waals surface area contributed by atoms with Crippen molar-refractivity contribution in [3.8, 4) is 0 Å². The Morgan fingerprint density at radius 2 is 2.19 bits per heavy atom. The van der Waals surface area contributed by atoms with Crippen LogP contribution in [0.5, 0.6) is 0 Å². The first-order valence-electron chi connectivity index (χ1n) is 5.40. The van der Waals surface area contributed by atoms with Gasteiger partial charge < -0.3 is 14.6 Å². The molecule has 0 saturated carbocycles. The maximum atomic E-state index is 9.76. The van der Waals surface area contributed by atoms with Crippen LogP contribution in [0.4, 0.5) is 0 Å². The highest BCUT2D eigenvalue weighted by molar-refractivity contribution is 5.22. The molecule has 0 bridgehead atoms. The molecular formula is C13H16O3. The van der Waals surface area contributed by atoms with Gasteiger partial charge in [-0.25, -0.2) is 0 Å². The lowest BCUT2D eigenvalue weighted by Crippen LogP contribution is -2.22. The quantitative estimate of drug-likeness (QED) is 0.450. The number of aliphatic hydroxyl groups is 1. The summed E-state index contributed by atoms with van der Waals surface area (Å²) >= 11 is 0. The molecule has 16 heavy (non-hydrogen) atoms. The summed E-state index contributed by atoms with van der Waals surface area (Å²) in [4.78, 5) is 0. The standard InChI is InChI=1S/C13H16O3/c1-2-8-15-9-11(14)13-12(16-13)10-6-4-3-5-7-10/h2-7,11-14H,1,8-9H2. The molecule has 1 aromatic carbocycles. The fourth-order valence-electron chi connectivity index (χ4n) is 1.69. The molecule has 0 radical (unpaired) electrons. The summed E-state index contributed by atoms with van der Waals surface area (Å²) in [7, 11) is 0. The average Bonchev–Trinajstić information content (AvgIpc) is 3.10. The molecule has 0 aliphatic carbocycles. The van der Waals surface area contributed by atoms with Crippen LogP contribution in [0.1, 0.15) is 11.7 Å². The van der Waals surface area contributed by atoms with E-state index in [0.717, 1.165) is 5.56 Å². The first-order chi connectivity index (χ1) is 7.83. The van der Waals surface area contributed by atoms with Gasteiger partial charge in [-0.2, -0.15) is 0 Å². The lowest BCUT2D eigenvalue weighted by molar-refractivity contribution is 0.0327. The number of hydrogen-bond acceptors (Lipinski definition) is 3. The van der Waals surface area contributed by atoms with Crippen molar-refractivity contribution >= 4 is 0 Å². The van der Waals surface area contributed by atoms with Gasteiger partial charge in [-0.05, 0) is 5.56 Å². The van der Waals surface area contributed by atoms with Gasteiger partial charge in [0.25, 0.3) is 0 Å². The third-order valence-electron chi connectivity index (χ3n) is 2.56. The monoisotopic (exact) mass is 220 g/mol. The van der Waals surface area contributed by atoms with Crippen LogP contribution < -0.4 is 0 Å². The molecular weight excluding hydrogens is 204 g/mol. The lowest BCUT2D eigenvalue weighted by atomic mass is 10.1. The largest absolute Gasteiger partial charge is 0.388 e. The molecule has 1 aliphatic heterocycles. The van der Waals surface area contributed by atoms with Gasteiger partial charge in [0.15, 0.2) is 0 Å². The lowest BCUT2D eigenvalue weighted by Gasteiger charge is -2.06. The minimum absolute atomic E-state index is 0.0172. The SMILES string of the molecule is C=CCOCC(O)C1OC1c1ccccc1. The summed E-state index contributed by atoms with van der Waals surface area (Å²) in [6.45, 7) is 4.29. The van der Waals surface area contributed by atoms with E-state index < -0.39 is 6.10 Å². The molecule has 1 fully saturated rings. The molecule has 3 unspecified atom stereocenters. The highest BCUT2D eigenvalue weighted by Gasteiger charge is 2.45. The van der Waals surface area contributed by atoms with E-state index in [4.69, 9.17) is 9.47 Å². The van der Waals surface area contributed by atoms with E-state index in [1.165, 1.54) is 0 Å². The van der Waals surface area contributed by atoms with E-state index >= 15 is 0 Å². The molecule has 1 saturated heterocycles. The van der Waals surface area contributed by atoms with Gasteiger partial charge >= 0.3 is 0 Å². The zero-order valence-electron chi connectivity index (χ0n) is 9.08. The molecule has 1 aromatic rings. The van der Waals surface area contributed by atoms with E-state index in [9.17, 15) is 5.11 Å².